The lowest BCUT2D eigenvalue weighted by Gasteiger charge is -2.27. The van der Waals surface area contributed by atoms with E-state index in [1.165, 1.54) is 37.9 Å². The molecular formula is C25H33N3O2. The average Bonchev–Trinajstić information content (AvgIpc) is 3.26. The lowest BCUT2D eigenvalue weighted by atomic mass is 9.95. The van der Waals surface area contributed by atoms with Crippen molar-refractivity contribution in [3.8, 4) is 0 Å². The molecule has 4 atom stereocenters. The lowest BCUT2D eigenvalue weighted by Crippen LogP contribution is -2.34. The first kappa shape index (κ1) is 20.0. The summed E-state index contributed by atoms with van der Waals surface area (Å²) in [6.45, 7) is 5.59. The Bertz CT molecular complexity index is 937. The number of piperidine rings is 1. The number of nitrogens with zero attached hydrogens (tertiary/aromatic N) is 3. The molecule has 0 bridgehead atoms. The number of pyridine rings is 1. The van der Waals surface area contributed by atoms with Gasteiger partial charge in [-0.1, -0.05) is 42.8 Å². The molecule has 1 aliphatic carbocycles. The van der Waals surface area contributed by atoms with Crippen LogP contribution in [0.15, 0.2) is 53.5 Å². The van der Waals surface area contributed by atoms with Crippen LogP contribution in [0.4, 0.5) is 0 Å². The van der Waals surface area contributed by atoms with Crippen LogP contribution in [-0.4, -0.2) is 58.3 Å². The van der Waals surface area contributed by atoms with Crippen LogP contribution in [0.2, 0.25) is 0 Å². The number of likely N-dealkylation sites (tertiary alicyclic amines) is 2. The van der Waals surface area contributed by atoms with Gasteiger partial charge in [0.05, 0.1) is 6.10 Å². The summed E-state index contributed by atoms with van der Waals surface area (Å²) in [6.07, 6.45) is 5.39. The molecule has 1 saturated carbocycles. The highest BCUT2D eigenvalue weighted by Gasteiger charge is 2.71. The van der Waals surface area contributed by atoms with Crippen molar-refractivity contribution in [3.05, 3.63) is 70.1 Å². The Morgan fingerprint density at radius 2 is 1.80 bits per heavy atom. The van der Waals surface area contributed by atoms with E-state index in [0.29, 0.717) is 24.9 Å². The van der Waals surface area contributed by atoms with E-state index >= 15 is 0 Å². The van der Waals surface area contributed by atoms with Crippen molar-refractivity contribution in [1.29, 1.82) is 0 Å². The lowest BCUT2D eigenvalue weighted by molar-refractivity contribution is 0.112. The van der Waals surface area contributed by atoms with Crippen LogP contribution in [-0.2, 0) is 13.6 Å². The Kier molecular flexibility index (Phi) is 5.30. The fourth-order valence-electron chi connectivity index (χ4n) is 6.22. The van der Waals surface area contributed by atoms with Crippen LogP contribution in [0, 0.1) is 11.3 Å². The molecule has 1 spiro atoms. The third kappa shape index (κ3) is 3.43. The zero-order valence-electron chi connectivity index (χ0n) is 17.9. The topological polar surface area (TPSA) is 48.7 Å². The van der Waals surface area contributed by atoms with Gasteiger partial charge in [0, 0.05) is 50.4 Å². The largest absolute Gasteiger partial charge is 0.391 e. The standard InChI is InChI=1S/C25H33N3O2/c1-26-12-8-11-20(24(26)30)15-28-17-22(29)25(18-28)21(16-27-13-6-3-7-14-27)23(25)19-9-4-2-5-10-19/h2,4-5,8-12,21-23,29H,3,6-7,13-18H2,1H3/t21-,22-,23-,25-/m1/s1. The number of hydrogen-bond acceptors (Lipinski definition) is 4. The molecule has 5 heteroatoms. The quantitative estimate of drug-likeness (QED) is 0.827. The van der Waals surface area contributed by atoms with E-state index < -0.39 is 0 Å². The summed E-state index contributed by atoms with van der Waals surface area (Å²) in [4.78, 5) is 17.4. The zero-order chi connectivity index (χ0) is 20.7. The predicted molar refractivity (Wildman–Crippen MR) is 118 cm³/mol. The van der Waals surface area contributed by atoms with Gasteiger partial charge in [-0.15, -0.1) is 0 Å². The minimum Gasteiger partial charge on any atom is -0.391 e. The first-order chi connectivity index (χ1) is 14.6. The summed E-state index contributed by atoms with van der Waals surface area (Å²) in [7, 11) is 1.80. The van der Waals surface area contributed by atoms with Crippen LogP contribution in [0.25, 0.3) is 0 Å². The molecule has 0 radical (unpaired) electrons. The van der Waals surface area contributed by atoms with E-state index in [1.54, 1.807) is 17.8 Å². The third-order valence-corrected chi connectivity index (χ3v) is 7.77. The van der Waals surface area contributed by atoms with Crippen LogP contribution < -0.4 is 5.56 Å². The van der Waals surface area contributed by atoms with E-state index in [9.17, 15) is 9.90 Å². The molecule has 0 amide bonds. The number of rotatable bonds is 5. The van der Waals surface area contributed by atoms with Crippen molar-refractivity contribution in [2.24, 2.45) is 18.4 Å². The number of aliphatic hydroxyl groups is 1. The number of benzene rings is 1. The van der Waals surface area contributed by atoms with Gasteiger partial charge in [-0.3, -0.25) is 9.69 Å². The molecule has 0 unspecified atom stereocenters. The number of aliphatic hydroxyl groups excluding tert-OH is 1. The van der Waals surface area contributed by atoms with Gasteiger partial charge >= 0.3 is 0 Å². The zero-order valence-corrected chi connectivity index (χ0v) is 17.9. The fraction of sp³-hybridized carbons (Fsp3) is 0.560. The Hall–Kier alpha value is -1.95. The Morgan fingerprint density at radius 3 is 2.57 bits per heavy atom. The fourth-order valence-corrected chi connectivity index (χ4v) is 6.22. The first-order valence-corrected chi connectivity index (χ1v) is 11.4. The molecule has 2 saturated heterocycles. The first-order valence-electron chi connectivity index (χ1n) is 11.4. The minimum absolute atomic E-state index is 0.0632. The van der Waals surface area contributed by atoms with Gasteiger partial charge in [0.15, 0.2) is 0 Å². The van der Waals surface area contributed by atoms with Gasteiger partial charge in [0.2, 0.25) is 0 Å². The van der Waals surface area contributed by atoms with E-state index in [0.717, 1.165) is 18.7 Å². The van der Waals surface area contributed by atoms with E-state index in [4.69, 9.17) is 0 Å². The molecular weight excluding hydrogens is 374 g/mol. The molecule has 5 nitrogen and oxygen atoms in total. The van der Waals surface area contributed by atoms with E-state index in [-0.39, 0.29) is 17.1 Å². The molecule has 5 rings (SSSR count). The summed E-state index contributed by atoms with van der Waals surface area (Å²) >= 11 is 0. The van der Waals surface area contributed by atoms with Gasteiger partial charge in [-0.05, 0) is 49.4 Å². The monoisotopic (exact) mass is 407 g/mol. The second-order valence-corrected chi connectivity index (χ2v) is 9.60. The van der Waals surface area contributed by atoms with Gasteiger partial charge in [-0.25, -0.2) is 0 Å². The highest BCUT2D eigenvalue weighted by molar-refractivity contribution is 5.37. The summed E-state index contributed by atoms with van der Waals surface area (Å²) in [6, 6.07) is 14.6. The van der Waals surface area contributed by atoms with Crippen molar-refractivity contribution in [2.75, 3.05) is 32.7 Å². The summed E-state index contributed by atoms with van der Waals surface area (Å²) in [5.41, 5.74) is 2.15. The SMILES string of the molecule is Cn1cccc(CN2C[C@@H](O)[C@@]3(C2)[C@H](CN2CCCCC2)[C@H]3c2ccccc2)c1=O. The summed E-state index contributed by atoms with van der Waals surface area (Å²) in [5.74, 6) is 0.885. The molecule has 3 heterocycles. The smallest absolute Gasteiger partial charge is 0.254 e. The molecule has 3 fully saturated rings. The van der Waals surface area contributed by atoms with Gasteiger partial charge in [0.25, 0.3) is 5.56 Å². The molecule has 1 aromatic heterocycles. The van der Waals surface area contributed by atoms with Crippen molar-refractivity contribution in [3.63, 3.8) is 0 Å². The summed E-state index contributed by atoms with van der Waals surface area (Å²) in [5, 5.41) is 11.3. The van der Waals surface area contributed by atoms with Crippen LogP contribution in [0.5, 0.6) is 0 Å². The molecule has 1 N–H and O–H groups in total. The third-order valence-electron chi connectivity index (χ3n) is 7.77. The van der Waals surface area contributed by atoms with E-state index in [2.05, 4.69) is 40.1 Å². The van der Waals surface area contributed by atoms with Crippen molar-refractivity contribution >= 4 is 0 Å². The Balaban J connectivity index is 1.38. The molecule has 30 heavy (non-hydrogen) atoms. The number of β-amino-alcohol motifs (C(OH)–C–C–N with tert-alkyl or cyclic N) is 1. The van der Waals surface area contributed by atoms with Crippen LogP contribution in [0.1, 0.15) is 36.3 Å². The van der Waals surface area contributed by atoms with Crippen molar-refractivity contribution in [2.45, 2.75) is 37.8 Å². The van der Waals surface area contributed by atoms with E-state index in [1.807, 2.05) is 12.1 Å². The van der Waals surface area contributed by atoms with Crippen molar-refractivity contribution < 1.29 is 5.11 Å². The molecule has 2 aliphatic heterocycles. The molecule has 3 aliphatic rings. The molecule has 1 aromatic carbocycles. The summed E-state index contributed by atoms with van der Waals surface area (Å²) < 4.78 is 1.64. The molecule has 2 aromatic rings. The van der Waals surface area contributed by atoms with Gasteiger partial charge in [-0.2, -0.15) is 0 Å². The average molecular weight is 408 g/mol. The second kappa shape index (κ2) is 7.95. The maximum atomic E-state index is 12.5. The van der Waals surface area contributed by atoms with Gasteiger partial charge < -0.3 is 14.6 Å². The number of aryl methyl sites for hydroxylation is 1. The van der Waals surface area contributed by atoms with Gasteiger partial charge in [0.1, 0.15) is 0 Å². The predicted octanol–water partition coefficient (Wildman–Crippen LogP) is 2.45. The normalized spacial score (nSPS) is 32.0. The number of aromatic nitrogens is 1. The highest BCUT2D eigenvalue weighted by atomic mass is 16.3. The maximum Gasteiger partial charge on any atom is 0.254 e. The minimum atomic E-state index is -0.343. The number of hydrogen-bond donors (Lipinski definition) is 1. The Labute approximate surface area is 178 Å². The molecule has 160 valence electrons. The highest BCUT2D eigenvalue weighted by Crippen LogP contribution is 2.69. The second-order valence-electron chi connectivity index (χ2n) is 9.60. The van der Waals surface area contributed by atoms with Crippen LogP contribution >= 0.6 is 0 Å². The van der Waals surface area contributed by atoms with Crippen LogP contribution in [0.3, 0.4) is 0 Å². The Morgan fingerprint density at radius 1 is 1.03 bits per heavy atom. The van der Waals surface area contributed by atoms with Crippen molar-refractivity contribution in [1.82, 2.24) is 14.4 Å². The maximum absolute atomic E-state index is 12.5.